The summed E-state index contributed by atoms with van der Waals surface area (Å²) in [5.74, 6) is 0.569. The van der Waals surface area contributed by atoms with Gasteiger partial charge in [-0.05, 0) is 24.2 Å². The van der Waals surface area contributed by atoms with E-state index < -0.39 is 11.0 Å². The lowest BCUT2D eigenvalue weighted by Gasteiger charge is -2.04. The molecule has 1 amide bonds. The van der Waals surface area contributed by atoms with E-state index in [-0.39, 0.29) is 18.0 Å². The summed E-state index contributed by atoms with van der Waals surface area (Å²) in [6, 6.07) is 5.15. The summed E-state index contributed by atoms with van der Waals surface area (Å²) in [7, 11) is 0. The summed E-state index contributed by atoms with van der Waals surface area (Å²) in [4.78, 5) is 21.0. The van der Waals surface area contributed by atoms with Crippen LogP contribution in [0.15, 0.2) is 24.3 Å². The standard InChI is InChI=1S/C9H10N2O5S/c12-9(10-5-6-17-15)16-8-3-1-7(2-4-8)11(13)14/h1-4,15H,5-6H2,(H,10,12). The molecule has 0 saturated carbocycles. The molecule has 0 fully saturated rings. The van der Waals surface area contributed by atoms with Crippen LogP contribution in [0.2, 0.25) is 0 Å². The lowest BCUT2D eigenvalue weighted by molar-refractivity contribution is -0.384. The second-order valence-electron chi connectivity index (χ2n) is 2.90. The minimum Gasteiger partial charge on any atom is -0.410 e. The van der Waals surface area contributed by atoms with Crippen LogP contribution in [0.25, 0.3) is 0 Å². The van der Waals surface area contributed by atoms with Gasteiger partial charge in [-0.25, -0.2) is 4.79 Å². The fourth-order valence-corrected chi connectivity index (χ4v) is 1.17. The Labute approximate surface area is 101 Å². The van der Waals surface area contributed by atoms with Gasteiger partial charge in [-0.2, -0.15) is 0 Å². The molecule has 8 heteroatoms. The predicted octanol–water partition coefficient (Wildman–Crippen LogP) is 1.89. The summed E-state index contributed by atoms with van der Waals surface area (Å²) in [5.41, 5.74) is -0.0746. The molecule has 92 valence electrons. The van der Waals surface area contributed by atoms with Crippen molar-refractivity contribution >= 4 is 23.8 Å². The third-order valence-corrected chi connectivity index (χ3v) is 2.11. The first-order valence-electron chi connectivity index (χ1n) is 4.60. The highest BCUT2D eigenvalue weighted by Crippen LogP contribution is 2.17. The van der Waals surface area contributed by atoms with Crippen LogP contribution < -0.4 is 10.1 Å². The monoisotopic (exact) mass is 258 g/mol. The SMILES string of the molecule is O=C(NCCSO)Oc1ccc([N+](=O)[O-])cc1. The zero-order valence-corrected chi connectivity index (χ0v) is 9.48. The number of ether oxygens (including phenoxy) is 1. The molecule has 0 aliphatic heterocycles. The molecule has 17 heavy (non-hydrogen) atoms. The van der Waals surface area contributed by atoms with Gasteiger partial charge in [0.25, 0.3) is 5.69 Å². The Morgan fingerprint density at radius 1 is 1.47 bits per heavy atom. The number of carbonyl (C=O) groups excluding carboxylic acids is 1. The van der Waals surface area contributed by atoms with E-state index in [9.17, 15) is 14.9 Å². The second kappa shape index (κ2) is 6.71. The third kappa shape index (κ3) is 4.70. The van der Waals surface area contributed by atoms with E-state index in [1.54, 1.807) is 0 Å². The van der Waals surface area contributed by atoms with Crippen molar-refractivity contribution in [2.45, 2.75) is 0 Å². The fourth-order valence-electron chi connectivity index (χ4n) is 0.978. The topological polar surface area (TPSA) is 102 Å². The number of carbonyl (C=O) groups is 1. The van der Waals surface area contributed by atoms with E-state index in [2.05, 4.69) is 5.32 Å². The van der Waals surface area contributed by atoms with Crippen LogP contribution in [0.5, 0.6) is 5.75 Å². The third-order valence-electron chi connectivity index (χ3n) is 1.72. The molecule has 1 rings (SSSR count). The number of hydrogen-bond donors (Lipinski definition) is 2. The normalized spacial score (nSPS) is 9.71. The maximum atomic E-state index is 11.1. The van der Waals surface area contributed by atoms with Crippen molar-refractivity contribution in [2.24, 2.45) is 0 Å². The number of nitro benzene ring substituents is 1. The minimum absolute atomic E-state index is 0.0746. The molecule has 0 heterocycles. The molecule has 0 aliphatic carbocycles. The predicted molar refractivity (Wildman–Crippen MR) is 62.2 cm³/mol. The van der Waals surface area contributed by atoms with E-state index in [4.69, 9.17) is 9.29 Å². The van der Waals surface area contributed by atoms with Gasteiger partial charge in [0.05, 0.1) is 4.92 Å². The molecule has 0 spiro atoms. The summed E-state index contributed by atoms with van der Waals surface area (Å²) in [6.07, 6.45) is -0.673. The van der Waals surface area contributed by atoms with Crippen LogP contribution in [-0.2, 0) is 0 Å². The van der Waals surface area contributed by atoms with E-state index in [1.165, 1.54) is 24.3 Å². The Balaban J connectivity index is 2.46. The van der Waals surface area contributed by atoms with E-state index >= 15 is 0 Å². The van der Waals surface area contributed by atoms with E-state index in [1.807, 2.05) is 0 Å². The average Bonchev–Trinajstić information content (AvgIpc) is 2.30. The van der Waals surface area contributed by atoms with Crippen molar-refractivity contribution in [1.29, 1.82) is 0 Å². The van der Waals surface area contributed by atoms with Gasteiger partial charge in [-0.1, -0.05) is 0 Å². The zero-order valence-electron chi connectivity index (χ0n) is 8.66. The van der Waals surface area contributed by atoms with Crippen LogP contribution in [0.3, 0.4) is 0 Å². The smallest absolute Gasteiger partial charge is 0.410 e. The Hall–Kier alpha value is -1.80. The molecule has 1 aromatic rings. The number of nitro groups is 1. The second-order valence-corrected chi connectivity index (χ2v) is 3.57. The van der Waals surface area contributed by atoms with Crippen molar-refractivity contribution in [1.82, 2.24) is 5.32 Å². The molecule has 0 aliphatic rings. The number of amides is 1. The number of non-ortho nitro benzene ring substituents is 1. The summed E-state index contributed by atoms with van der Waals surface area (Å²) in [6.45, 7) is 0.271. The number of nitrogens with one attached hydrogen (secondary N) is 1. The van der Waals surface area contributed by atoms with Gasteiger partial charge < -0.3 is 14.6 Å². The van der Waals surface area contributed by atoms with Crippen molar-refractivity contribution in [3.63, 3.8) is 0 Å². The van der Waals surface area contributed by atoms with Crippen LogP contribution >= 0.6 is 12.0 Å². The molecule has 0 saturated heterocycles. The highest BCUT2D eigenvalue weighted by Gasteiger charge is 2.07. The molecule has 0 bridgehead atoms. The number of nitrogens with zero attached hydrogens (tertiary/aromatic N) is 1. The van der Waals surface area contributed by atoms with Crippen LogP contribution in [0.4, 0.5) is 10.5 Å². The van der Waals surface area contributed by atoms with Crippen molar-refractivity contribution in [2.75, 3.05) is 12.3 Å². The quantitative estimate of drug-likeness (QED) is 0.362. The number of rotatable bonds is 5. The lowest BCUT2D eigenvalue weighted by Crippen LogP contribution is -2.28. The van der Waals surface area contributed by atoms with E-state index in [0.29, 0.717) is 17.8 Å². The van der Waals surface area contributed by atoms with Crippen LogP contribution in [0, 0.1) is 10.1 Å². The molecule has 0 unspecified atom stereocenters. The minimum atomic E-state index is -0.673. The molecule has 1 aromatic carbocycles. The van der Waals surface area contributed by atoms with Gasteiger partial charge in [0.15, 0.2) is 0 Å². The maximum Gasteiger partial charge on any atom is 0.412 e. The number of benzene rings is 1. The van der Waals surface area contributed by atoms with Crippen molar-refractivity contribution in [3.8, 4) is 5.75 Å². The Bertz CT molecular complexity index is 395. The van der Waals surface area contributed by atoms with Crippen molar-refractivity contribution in [3.05, 3.63) is 34.4 Å². The summed E-state index contributed by atoms with van der Waals surface area (Å²) < 4.78 is 13.2. The van der Waals surface area contributed by atoms with Crippen LogP contribution in [0.1, 0.15) is 0 Å². The highest BCUT2D eigenvalue weighted by atomic mass is 32.2. The van der Waals surface area contributed by atoms with Gasteiger partial charge >= 0.3 is 6.09 Å². The Kier molecular flexibility index (Phi) is 5.24. The first-order chi connectivity index (χ1) is 8.13. The summed E-state index contributed by atoms with van der Waals surface area (Å²) in [5, 5.41) is 12.8. The first kappa shape index (κ1) is 13.3. The van der Waals surface area contributed by atoms with Crippen LogP contribution in [-0.4, -0.2) is 27.9 Å². The molecular weight excluding hydrogens is 248 g/mol. The van der Waals surface area contributed by atoms with Gasteiger partial charge in [-0.3, -0.25) is 10.1 Å². The molecule has 0 radical (unpaired) electrons. The average molecular weight is 258 g/mol. The lowest BCUT2D eigenvalue weighted by atomic mass is 10.3. The number of hydrogen-bond acceptors (Lipinski definition) is 6. The molecule has 2 N–H and O–H groups in total. The van der Waals surface area contributed by atoms with Gasteiger partial charge in [0.2, 0.25) is 0 Å². The first-order valence-corrected chi connectivity index (χ1v) is 5.54. The zero-order chi connectivity index (χ0) is 12.7. The molecule has 0 aromatic heterocycles. The fraction of sp³-hybridized carbons (Fsp3) is 0.222. The Morgan fingerprint density at radius 2 is 2.12 bits per heavy atom. The summed E-state index contributed by atoms with van der Waals surface area (Å²) >= 11 is 0.610. The molecular formula is C9H10N2O5S. The van der Waals surface area contributed by atoms with Gasteiger partial charge in [-0.15, -0.1) is 0 Å². The van der Waals surface area contributed by atoms with Gasteiger partial charge in [0.1, 0.15) is 5.75 Å². The highest BCUT2D eigenvalue weighted by molar-refractivity contribution is 7.93. The van der Waals surface area contributed by atoms with Gasteiger partial charge in [0, 0.05) is 24.4 Å². The Morgan fingerprint density at radius 3 is 2.65 bits per heavy atom. The maximum absolute atomic E-state index is 11.1. The molecule has 7 nitrogen and oxygen atoms in total. The van der Waals surface area contributed by atoms with Crippen molar-refractivity contribution < 1.29 is 19.0 Å². The molecule has 0 atom stereocenters. The van der Waals surface area contributed by atoms with E-state index in [0.717, 1.165) is 0 Å². The largest absolute Gasteiger partial charge is 0.412 e.